The van der Waals surface area contributed by atoms with Gasteiger partial charge >= 0.3 is 6.03 Å². The fourth-order valence-electron chi connectivity index (χ4n) is 2.34. The first-order valence-corrected chi connectivity index (χ1v) is 6.66. The number of carbonyl (C=O) groups excluding carboxylic acids is 1. The monoisotopic (exact) mass is 259 g/mol. The molecule has 1 saturated heterocycles. The van der Waals surface area contributed by atoms with Crippen LogP contribution in [0, 0.1) is 6.92 Å². The number of carbonyl (C=O) groups is 1. The first kappa shape index (κ1) is 13.5. The molecule has 102 valence electrons. The van der Waals surface area contributed by atoms with Crippen LogP contribution < -0.4 is 10.2 Å². The molecule has 2 rings (SSSR count). The maximum Gasteiger partial charge on any atom is 0.317 e. The van der Waals surface area contributed by atoms with E-state index >= 15 is 0 Å². The summed E-state index contributed by atoms with van der Waals surface area (Å²) in [4.78, 5) is 16.0. The second-order valence-corrected chi connectivity index (χ2v) is 4.74. The lowest BCUT2D eigenvalue weighted by Crippen LogP contribution is -2.52. The molecule has 0 aromatic heterocycles. The van der Waals surface area contributed by atoms with Crippen LogP contribution in [0.25, 0.3) is 0 Å². The summed E-state index contributed by atoms with van der Waals surface area (Å²) in [6, 6.07) is 8.38. The Balaban J connectivity index is 1.91. The van der Waals surface area contributed by atoms with Crippen LogP contribution in [0.1, 0.15) is 5.56 Å². The molecule has 1 aliphatic heterocycles. The van der Waals surface area contributed by atoms with Gasteiger partial charge in [0.05, 0.1) is 0 Å². The first-order chi connectivity index (χ1) is 9.22. The number of benzene rings is 1. The maximum absolute atomic E-state index is 11.8. The molecule has 0 radical (unpaired) electrons. The van der Waals surface area contributed by atoms with Crippen molar-refractivity contribution in [3.63, 3.8) is 0 Å². The third-order valence-electron chi connectivity index (χ3n) is 3.42. The van der Waals surface area contributed by atoms with E-state index in [-0.39, 0.29) is 6.03 Å². The Bertz CT molecular complexity index is 450. The summed E-state index contributed by atoms with van der Waals surface area (Å²) in [5.41, 5.74) is 2.56. The molecule has 4 heteroatoms. The standard InChI is InChI=1S/C15H21N3O/c1-3-8-16-15(19)18-11-9-17(10-12-18)14-7-5-4-6-13(14)2/h3-7H,1,8-12H2,2H3,(H,16,19). The van der Waals surface area contributed by atoms with E-state index in [1.54, 1.807) is 6.08 Å². The van der Waals surface area contributed by atoms with Gasteiger partial charge in [0.15, 0.2) is 0 Å². The number of amides is 2. The number of nitrogens with one attached hydrogen (secondary N) is 1. The van der Waals surface area contributed by atoms with Gasteiger partial charge < -0.3 is 15.1 Å². The predicted molar refractivity (Wildman–Crippen MR) is 78.6 cm³/mol. The van der Waals surface area contributed by atoms with Crippen molar-refractivity contribution in [2.24, 2.45) is 0 Å². The molecule has 19 heavy (non-hydrogen) atoms. The minimum absolute atomic E-state index is 0.00401. The number of aryl methyl sites for hydroxylation is 1. The van der Waals surface area contributed by atoms with Gasteiger partial charge in [0.2, 0.25) is 0 Å². The van der Waals surface area contributed by atoms with E-state index in [2.05, 4.69) is 48.0 Å². The minimum atomic E-state index is 0.00401. The highest BCUT2D eigenvalue weighted by molar-refractivity contribution is 5.74. The Kier molecular flexibility index (Phi) is 4.44. The topological polar surface area (TPSA) is 35.6 Å². The highest BCUT2D eigenvalue weighted by Gasteiger charge is 2.21. The number of nitrogens with zero attached hydrogens (tertiary/aromatic N) is 2. The molecule has 1 fully saturated rings. The van der Waals surface area contributed by atoms with Crippen LogP contribution in [0.15, 0.2) is 36.9 Å². The Hall–Kier alpha value is -1.97. The van der Waals surface area contributed by atoms with Crippen molar-refractivity contribution in [2.75, 3.05) is 37.6 Å². The van der Waals surface area contributed by atoms with Crippen molar-refractivity contribution in [1.82, 2.24) is 10.2 Å². The van der Waals surface area contributed by atoms with Crippen LogP contribution in [0.5, 0.6) is 0 Å². The number of rotatable bonds is 3. The number of para-hydroxylation sites is 1. The van der Waals surface area contributed by atoms with Crippen molar-refractivity contribution in [3.8, 4) is 0 Å². The van der Waals surface area contributed by atoms with Crippen molar-refractivity contribution >= 4 is 11.7 Å². The van der Waals surface area contributed by atoms with Gasteiger partial charge in [-0.15, -0.1) is 6.58 Å². The van der Waals surface area contributed by atoms with E-state index in [9.17, 15) is 4.79 Å². The van der Waals surface area contributed by atoms with Gasteiger partial charge in [0.25, 0.3) is 0 Å². The number of urea groups is 1. The second kappa shape index (κ2) is 6.27. The predicted octanol–water partition coefficient (Wildman–Crippen LogP) is 2.01. The first-order valence-electron chi connectivity index (χ1n) is 6.66. The number of piperazine rings is 1. The van der Waals surface area contributed by atoms with Crippen molar-refractivity contribution in [3.05, 3.63) is 42.5 Å². The fourth-order valence-corrected chi connectivity index (χ4v) is 2.34. The molecule has 0 saturated carbocycles. The molecule has 2 amide bonds. The Morgan fingerprint density at radius 1 is 1.32 bits per heavy atom. The molecule has 0 atom stereocenters. The van der Waals surface area contributed by atoms with E-state index in [0.717, 1.165) is 26.2 Å². The van der Waals surface area contributed by atoms with Crippen molar-refractivity contribution < 1.29 is 4.79 Å². The molecule has 1 aliphatic rings. The van der Waals surface area contributed by atoms with E-state index in [4.69, 9.17) is 0 Å². The molecular formula is C15H21N3O. The van der Waals surface area contributed by atoms with E-state index in [1.165, 1.54) is 11.3 Å². The quantitative estimate of drug-likeness (QED) is 0.843. The van der Waals surface area contributed by atoms with Crippen LogP contribution in [0.2, 0.25) is 0 Å². The third kappa shape index (κ3) is 3.28. The van der Waals surface area contributed by atoms with Gasteiger partial charge in [0.1, 0.15) is 0 Å². The summed E-state index contributed by atoms with van der Waals surface area (Å²) in [5, 5.41) is 2.82. The third-order valence-corrected chi connectivity index (χ3v) is 3.42. The summed E-state index contributed by atoms with van der Waals surface area (Å²) in [5.74, 6) is 0. The average molecular weight is 259 g/mol. The van der Waals surface area contributed by atoms with Crippen molar-refractivity contribution in [2.45, 2.75) is 6.92 Å². The normalized spacial score (nSPS) is 15.2. The molecule has 0 spiro atoms. The minimum Gasteiger partial charge on any atom is -0.368 e. The van der Waals surface area contributed by atoms with Gasteiger partial charge in [-0.25, -0.2) is 4.79 Å². The van der Waals surface area contributed by atoms with Crippen LogP contribution >= 0.6 is 0 Å². The van der Waals surface area contributed by atoms with Crippen LogP contribution in [0.4, 0.5) is 10.5 Å². The molecule has 4 nitrogen and oxygen atoms in total. The highest BCUT2D eigenvalue weighted by atomic mass is 16.2. The largest absolute Gasteiger partial charge is 0.368 e. The van der Waals surface area contributed by atoms with Crippen LogP contribution in [0.3, 0.4) is 0 Å². The van der Waals surface area contributed by atoms with Gasteiger partial charge in [0, 0.05) is 38.4 Å². The summed E-state index contributed by atoms with van der Waals surface area (Å²) in [6.07, 6.45) is 1.70. The van der Waals surface area contributed by atoms with Gasteiger partial charge in [-0.05, 0) is 18.6 Å². The maximum atomic E-state index is 11.8. The Morgan fingerprint density at radius 2 is 2.00 bits per heavy atom. The van der Waals surface area contributed by atoms with Crippen molar-refractivity contribution in [1.29, 1.82) is 0 Å². The molecule has 0 unspecified atom stereocenters. The summed E-state index contributed by atoms with van der Waals surface area (Å²) in [6.45, 7) is 9.53. The number of anilines is 1. The van der Waals surface area contributed by atoms with E-state index in [1.807, 2.05) is 4.90 Å². The molecule has 1 aromatic rings. The number of hydrogen-bond acceptors (Lipinski definition) is 2. The summed E-state index contributed by atoms with van der Waals surface area (Å²) < 4.78 is 0. The zero-order valence-electron chi connectivity index (χ0n) is 11.4. The Labute approximate surface area is 114 Å². The molecule has 0 bridgehead atoms. The second-order valence-electron chi connectivity index (χ2n) is 4.74. The SMILES string of the molecule is C=CCNC(=O)N1CCN(c2ccccc2C)CC1. The zero-order valence-corrected chi connectivity index (χ0v) is 11.4. The van der Waals surface area contributed by atoms with Crippen LogP contribution in [-0.4, -0.2) is 43.7 Å². The van der Waals surface area contributed by atoms with Crippen LogP contribution in [-0.2, 0) is 0 Å². The summed E-state index contributed by atoms with van der Waals surface area (Å²) in [7, 11) is 0. The Morgan fingerprint density at radius 3 is 2.63 bits per heavy atom. The van der Waals surface area contributed by atoms with E-state index < -0.39 is 0 Å². The molecule has 0 aliphatic carbocycles. The lowest BCUT2D eigenvalue weighted by Gasteiger charge is -2.36. The molecule has 1 heterocycles. The average Bonchev–Trinajstić information content (AvgIpc) is 2.45. The van der Waals surface area contributed by atoms with E-state index in [0.29, 0.717) is 6.54 Å². The lowest BCUT2D eigenvalue weighted by molar-refractivity contribution is 0.195. The molecule has 1 N–H and O–H groups in total. The highest BCUT2D eigenvalue weighted by Crippen LogP contribution is 2.20. The molecule has 1 aromatic carbocycles. The smallest absolute Gasteiger partial charge is 0.317 e. The summed E-state index contributed by atoms with van der Waals surface area (Å²) >= 11 is 0. The van der Waals surface area contributed by atoms with Gasteiger partial charge in [-0.3, -0.25) is 0 Å². The number of hydrogen-bond donors (Lipinski definition) is 1. The zero-order chi connectivity index (χ0) is 13.7. The molecular weight excluding hydrogens is 238 g/mol. The van der Waals surface area contributed by atoms with Gasteiger partial charge in [-0.2, -0.15) is 0 Å². The fraction of sp³-hybridized carbons (Fsp3) is 0.400. The lowest BCUT2D eigenvalue weighted by atomic mass is 10.1. The van der Waals surface area contributed by atoms with Gasteiger partial charge in [-0.1, -0.05) is 24.3 Å².